The molecule has 1 N–H and O–H groups in total. The molecule has 5 nitrogen and oxygen atoms in total. The number of rotatable bonds is 6. The summed E-state index contributed by atoms with van der Waals surface area (Å²) in [5.41, 5.74) is 1.36. The minimum Gasteiger partial charge on any atom is -0.444 e. The zero-order chi connectivity index (χ0) is 24.6. The number of fused-ring (bicyclic) bond motifs is 1. The Bertz CT molecular complexity index is 974. The Balaban J connectivity index is 1.90. The monoisotopic (exact) mass is 476 g/mol. The van der Waals surface area contributed by atoms with Gasteiger partial charge in [0.1, 0.15) is 11.4 Å². The maximum atomic E-state index is 13.8. The van der Waals surface area contributed by atoms with Gasteiger partial charge in [-0.2, -0.15) is 0 Å². The third-order valence-corrected chi connectivity index (χ3v) is 11.7. The number of ether oxygens (including phenoxy) is 1. The van der Waals surface area contributed by atoms with Gasteiger partial charge in [0.15, 0.2) is 8.32 Å². The molecule has 1 aliphatic heterocycles. The lowest BCUT2D eigenvalue weighted by atomic mass is 9.87. The van der Waals surface area contributed by atoms with Crippen molar-refractivity contribution in [3.63, 3.8) is 0 Å². The summed E-state index contributed by atoms with van der Waals surface area (Å²) in [5, 5.41) is 1.14. The molecule has 0 radical (unpaired) electrons. The normalized spacial score (nSPS) is 18.7. The fourth-order valence-corrected chi connectivity index (χ4v) is 5.46. The van der Waals surface area contributed by atoms with Crippen molar-refractivity contribution in [3.8, 4) is 0 Å². The number of nitrogens with one attached hydrogen (secondary N) is 1. The molecule has 33 heavy (non-hydrogen) atoms. The van der Waals surface area contributed by atoms with Crippen LogP contribution in [0.25, 0.3) is 10.9 Å². The molecule has 2 aromatic rings. The van der Waals surface area contributed by atoms with Crippen LogP contribution in [0.15, 0.2) is 24.4 Å². The Morgan fingerprint density at radius 3 is 2.58 bits per heavy atom. The summed E-state index contributed by atoms with van der Waals surface area (Å²) >= 11 is 0. The van der Waals surface area contributed by atoms with Crippen molar-refractivity contribution < 1.29 is 18.3 Å². The number of amides is 1. The Morgan fingerprint density at radius 2 is 1.94 bits per heavy atom. The van der Waals surface area contributed by atoms with Gasteiger partial charge in [-0.15, -0.1) is 0 Å². The number of halogens is 1. The van der Waals surface area contributed by atoms with Crippen molar-refractivity contribution in [2.45, 2.75) is 96.5 Å². The maximum absolute atomic E-state index is 13.8. The third-order valence-electron chi connectivity index (χ3n) is 7.16. The first-order chi connectivity index (χ1) is 15.2. The fraction of sp³-hybridized carbons (Fsp3) is 0.654. The molecule has 0 spiro atoms. The van der Waals surface area contributed by atoms with Crippen molar-refractivity contribution in [1.82, 2.24) is 9.88 Å². The molecule has 2 heterocycles. The van der Waals surface area contributed by atoms with Gasteiger partial charge in [-0.05, 0) is 81.9 Å². The van der Waals surface area contributed by atoms with E-state index in [-0.39, 0.29) is 28.9 Å². The van der Waals surface area contributed by atoms with E-state index in [1.165, 1.54) is 12.1 Å². The van der Waals surface area contributed by atoms with E-state index < -0.39 is 13.9 Å². The van der Waals surface area contributed by atoms with Gasteiger partial charge in [0.25, 0.3) is 0 Å². The third kappa shape index (κ3) is 5.99. The largest absolute Gasteiger partial charge is 0.444 e. The second kappa shape index (κ2) is 9.41. The predicted molar refractivity (Wildman–Crippen MR) is 135 cm³/mol. The molecule has 3 rings (SSSR count). The molecule has 1 aromatic heterocycles. The molecule has 0 bridgehead atoms. The molecule has 1 saturated heterocycles. The van der Waals surface area contributed by atoms with Crippen LogP contribution in [0.5, 0.6) is 0 Å². The number of aromatic nitrogens is 1. The van der Waals surface area contributed by atoms with Crippen LogP contribution in [0, 0.1) is 5.82 Å². The molecular formula is C26H41FN2O3Si. The van der Waals surface area contributed by atoms with Crippen LogP contribution < -0.4 is 0 Å². The Kier molecular flexibility index (Phi) is 7.35. The summed E-state index contributed by atoms with van der Waals surface area (Å²) in [6, 6.07) is 4.89. The first kappa shape index (κ1) is 25.8. The molecular weight excluding hydrogens is 435 g/mol. The Morgan fingerprint density at radius 1 is 1.24 bits per heavy atom. The van der Waals surface area contributed by atoms with Gasteiger partial charge in [0, 0.05) is 42.2 Å². The van der Waals surface area contributed by atoms with E-state index in [2.05, 4.69) is 38.8 Å². The molecule has 1 amide bonds. The number of nitrogens with zero attached hydrogens (tertiary/aromatic N) is 1. The zero-order valence-electron chi connectivity index (χ0n) is 21.5. The highest BCUT2D eigenvalue weighted by molar-refractivity contribution is 6.74. The van der Waals surface area contributed by atoms with E-state index in [1.807, 2.05) is 37.9 Å². The number of carbonyl (C=O) groups excluding carboxylic acids is 1. The molecule has 7 heteroatoms. The van der Waals surface area contributed by atoms with Crippen LogP contribution in [-0.4, -0.2) is 49.1 Å². The highest BCUT2D eigenvalue weighted by Crippen LogP contribution is 2.40. The molecule has 0 aliphatic carbocycles. The van der Waals surface area contributed by atoms with Crippen molar-refractivity contribution in [3.05, 3.63) is 35.8 Å². The van der Waals surface area contributed by atoms with Crippen LogP contribution >= 0.6 is 0 Å². The fourth-order valence-electron chi connectivity index (χ4n) is 4.40. The number of hydrogen-bond acceptors (Lipinski definition) is 3. The SMILES string of the molecule is CC(C)(C)OC(=O)N1CCCC1C(CCO[Si](C)(C)C(C)(C)C)c1c[nH]c2cc(F)ccc12. The van der Waals surface area contributed by atoms with E-state index in [4.69, 9.17) is 9.16 Å². The van der Waals surface area contributed by atoms with Crippen LogP contribution in [0.4, 0.5) is 9.18 Å². The highest BCUT2D eigenvalue weighted by atomic mass is 28.4. The van der Waals surface area contributed by atoms with Crippen molar-refractivity contribution >= 4 is 25.3 Å². The molecule has 2 unspecified atom stereocenters. The van der Waals surface area contributed by atoms with Crippen LogP contribution in [-0.2, 0) is 9.16 Å². The summed E-state index contributed by atoms with van der Waals surface area (Å²) in [5.74, 6) is -0.186. The van der Waals surface area contributed by atoms with Crippen molar-refractivity contribution in [1.29, 1.82) is 0 Å². The number of benzene rings is 1. The highest BCUT2D eigenvalue weighted by Gasteiger charge is 2.40. The van der Waals surface area contributed by atoms with Gasteiger partial charge in [0.05, 0.1) is 0 Å². The van der Waals surface area contributed by atoms with E-state index in [1.54, 1.807) is 0 Å². The summed E-state index contributed by atoms with van der Waals surface area (Å²) in [4.78, 5) is 18.2. The zero-order valence-corrected chi connectivity index (χ0v) is 22.5. The van der Waals surface area contributed by atoms with Gasteiger partial charge in [0.2, 0.25) is 0 Å². The van der Waals surface area contributed by atoms with E-state index in [0.717, 1.165) is 35.7 Å². The standard InChI is InChI=1S/C26H41FN2O3Si/c1-25(2,3)32-24(30)29-14-9-10-23(29)20(13-15-31-33(7,8)26(4,5)6)21-17-28-22-16-18(27)11-12-19(21)22/h11-12,16-17,20,23,28H,9-10,13-15H2,1-8H3. The Labute approximate surface area is 199 Å². The van der Waals surface area contributed by atoms with E-state index >= 15 is 0 Å². The lowest BCUT2D eigenvalue weighted by molar-refractivity contribution is 0.0198. The molecule has 1 aromatic carbocycles. The number of carbonyl (C=O) groups is 1. The molecule has 1 fully saturated rings. The van der Waals surface area contributed by atoms with Crippen LogP contribution in [0.3, 0.4) is 0 Å². The number of aromatic amines is 1. The van der Waals surface area contributed by atoms with Gasteiger partial charge in [-0.3, -0.25) is 0 Å². The lowest BCUT2D eigenvalue weighted by Gasteiger charge is -2.37. The quantitative estimate of drug-likeness (QED) is 0.448. The van der Waals surface area contributed by atoms with Gasteiger partial charge in [-0.1, -0.05) is 20.8 Å². The molecule has 184 valence electrons. The summed E-state index contributed by atoms with van der Waals surface area (Å²) in [7, 11) is -1.89. The molecule has 2 atom stereocenters. The second-order valence-electron chi connectivity index (χ2n) is 11.8. The first-order valence-electron chi connectivity index (χ1n) is 12.1. The minimum atomic E-state index is -1.89. The summed E-state index contributed by atoms with van der Waals surface area (Å²) in [6.45, 7) is 18.3. The van der Waals surface area contributed by atoms with Gasteiger partial charge < -0.3 is 19.0 Å². The van der Waals surface area contributed by atoms with Crippen LogP contribution in [0.1, 0.15) is 72.3 Å². The van der Waals surface area contributed by atoms with E-state index in [9.17, 15) is 9.18 Å². The van der Waals surface area contributed by atoms with Crippen molar-refractivity contribution in [2.24, 2.45) is 0 Å². The van der Waals surface area contributed by atoms with Crippen molar-refractivity contribution in [2.75, 3.05) is 13.2 Å². The Hall–Kier alpha value is -1.86. The first-order valence-corrected chi connectivity index (χ1v) is 15.0. The predicted octanol–water partition coefficient (Wildman–Crippen LogP) is 7.20. The number of hydrogen-bond donors (Lipinski definition) is 1. The van der Waals surface area contributed by atoms with Gasteiger partial charge >= 0.3 is 6.09 Å². The van der Waals surface area contributed by atoms with Crippen LogP contribution in [0.2, 0.25) is 18.1 Å². The number of H-pyrrole nitrogens is 1. The average molecular weight is 477 g/mol. The second-order valence-corrected chi connectivity index (χ2v) is 16.6. The topological polar surface area (TPSA) is 54.6 Å². The minimum absolute atomic E-state index is 0.0203. The maximum Gasteiger partial charge on any atom is 0.410 e. The van der Waals surface area contributed by atoms with E-state index in [0.29, 0.717) is 13.2 Å². The molecule has 1 aliphatic rings. The average Bonchev–Trinajstić information content (AvgIpc) is 3.30. The van der Waals surface area contributed by atoms with Gasteiger partial charge in [-0.25, -0.2) is 9.18 Å². The summed E-state index contributed by atoms with van der Waals surface area (Å²) < 4.78 is 26.1. The molecule has 0 saturated carbocycles. The number of likely N-dealkylation sites (tertiary alicyclic amines) is 1. The summed E-state index contributed by atoms with van der Waals surface area (Å²) in [6.07, 6.45) is 4.37. The smallest absolute Gasteiger partial charge is 0.410 e. The lowest BCUT2D eigenvalue weighted by Crippen LogP contribution is -2.43.